The predicted octanol–water partition coefficient (Wildman–Crippen LogP) is 1.17. The van der Waals surface area contributed by atoms with Crippen LogP contribution in [0.25, 0.3) is 0 Å². The minimum atomic E-state index is -0.197. The first kappa shape index (κ1) is 13.9. The van der Waals surface area contributed by atoms with Crippen LogP contribution in [0.15, 0.2) is 0 Å². The average molecular weight is 280 g/mol. The standard InChI is InChI=1S/C15H24N2O3/c1-11-10-12(6-9-20-11)16-8-5-14(18)17-7-3-2-4-13(17)15(16)19/h11-13H,2-10H2,1H3. The third kappa shape index (κ3) is 2.55. The zero-order valence-corrected chi connectivity index (χ0v) is 12.2. The highest BCUT2D eigenvalue weighted by Gasteiger charge is 2.40. The monoisotopic (exact) mass is 280 g/mol. The van der Waals surface area contributed by atoms with E-state index in [2.05, 4.69) is 6.92 Å². The van der Waals surface area contributed by atoms with Crippen LogP contribution in [0.5, 0.6) is 0 Å². The number of piperidine rings is 1. The molecule has 3 heterocycles. The lowest BCUT2D eigenvalue weighted by molar-refractivity contribution is -0.145. The highest BCUT2D eigenvalue weighted by atomic mass is 16.5. The van der Waals surface area contributed by atoms with Gasteiger partial charge < -0.3 is 14.5 Å². The Kier molecular flexibility index (Phi) is 3.96. The van der Waals surface area contributed by atoms with Crippen LogP contribution < -0.4 is 0 Å². The Labute approximate surface area is 120 Å². The van der Waals surface area contributed by atoms with Gasteiger partial charge in [0.15, 0.2) is 0 Å². The van der Waals surface area contributed by atoms with Gasteiger partial charge in [-0.3, -0.25) is 9.59 Å². The number of nitrogens with zero attached hydrogens (tertiary/aromatic N) is 2. The Hall–Kier alpha value is -1.10. The summed E-state index contributed by atoms with van der Waals surface area (Å²) in [6, 6.07) is 0.0535. The molecule has 5 nitrogen and oxygen atoms in total. The van der Waals surface area contributed by atoms with Gasteiger partial charge in [-0.2, -0.15) is 0 Å². The van der Waals surface area contributed by atoms with Crippen molar-refractivity contribution in [1.82, 2.24) is 9.80 Å². The van der Waals surface area contributed by atoms with Crippen molar-refractivity contribution in [2.24, 2.45) is 0 Å². The van der Waals surface area contributed by atoms with Gasteiger partial charge in [0.25, 0.3) is 0 Å². The largest absolute Gasteiger partial charge is 0.378 e. The highest BCUT2D eigenvalue weighted by molar-refractivity contribution is 5.90. The molecular formula is C15H24N2O3. The zero-order chi connectivity index (χ0) is 14.1. The normalized spacial score (nSPS) is 35.8. The second kappa shape index (κ2) is 5.72. The first-order valence-corrected chi connectivity index (χ1v) is 7.88. The van der Waals surface area contributed by atoms with Crippen molar-refractivity contribution in [3.8, 4) is 0 Å². The molecule has 112 valence electrons. The van der Waals surface area contributed by atoms with Crippen molar-refractivity contribution in [2.45, 2.75) is 63.6 Å². The SMILES string of the molecule is CC1CC(N2CCC(=O)N3CCCCC3C2=O)CCO1. The van der Waals surface area contributed by atoms with E-state index in [1.54, 1.807) is 0 Å². The van der Waals surface area contributed by atoms with E-state index < -0.39 is 0 Å². The van der Waals surface area contributed by atoms with Gasteiger partial charge in [-0.15, -0.1) is 0 Å². The van der Waals surface area contributed by atoms with Gasteiger partial charge in [0.2, 0.25) is 11.8 Å². The van der Waals surface area contributed by atoms with Gasteiger partial charge in [-0.25, -0.2) is 0 Å². The van der Waals surface area contributed by atoms with Crippen molar-refractivity contribution in [3.63, 3.8) is 0 Å². The van der Waals surface area contributed by atoms with Crippen molar-refractivity contribution >= 4 is 11.8 Å². The molecule has 0 aromatic rings. The Morgan fingerprint density at radius 1 is 1.10 bits per heavy atom. The second-order valence-electron chi connectivity index (χ2n) is 6.24. The van der Waals surface area contributed by atoms with Gasteiger partial charge in [-0.1, -0.05) is 0 Å². The van der Waals surface area contributed by atoms with Gasteiger partial charge >= 0.3 is 0 Å². The molecule has 20 heavy (non-hydrogen) atoms. The average Bonchev–Trinajstić information content (AvgIpc) is 2.58. The lowest BCUT2D eigenvalue weighted by atomic mass is 9.98. The summed E-state index contributed by atoms with van der Waals surface area (Å²) in [6.07, 6.45) is 5.41. The van der Waals surface area contributed by atoms with Crippen molar-refractivity contribution in [3.05, 3.63) is 0 Å². The van der Waals surface area contributed by atoms with E-state index in [1.807, 2.05) is 9.80 Å². The van der Waals surface area contributed by atoms with E-state index in [9.17, 15) is 9.59 Å². The first-order valence-electron chi connectivity index (χ1n) is 7.88. The fourth-order valence-corrected chi connectivity index (χ4v) is 3.77. The molecule has 0 bridgehead atoms. The molecule has 0 radical (unpaired) electrons. The summed E-state index contributed by atoms with van der Waals surface area (Å²) in [5.74, 6) is 0.334. The number of fused-ring (bicyclic) bond motifs is 1. The first-order chi connectivity index (χ1) is 9.66. The molecule has 3 fully saturated rings. The van der Waals surface area contributed by atoms with Crippen LogP contribution in [0.1, 0.15) is 45.4 Å². The van der Waals surface area contributed by atoms with Gasteiger partial charge in [0.05, 0.1) is 6.10 Å². The number of carbonyl (C=O) groups is 2. The third-order valence-corrected chi connectivity index (χ3v) is 4.86. The molecule has 2 amide bonds. The molecule has 0 aromatic carbocycles. The van der Waals surface area contributed by atoms with Crippen LogP contribution in [0, 0.1) is 0 Å². The number of amides is 2. The number of rotatable bonds is 1. The maximum absolute atomic E-state index is 12.8. The molecule has 5 heteroatoms. The van der Waals surface area contributed by atoms with E-state index in [1.165, 1.54) is 0 Å². The number of carbonyl (C=O) groups excluding carboxylic acids is 2. The molecule has 0 aromatic heterocycles. The lowest BCUT2D eigenvalue weighted by Gasteiger charge is -2.39. The van der Waals surface area contributed by atoms with Crippen LogP contribution in [-0.2, 0) is 14.3 Å². The summed E-state index contributed by atoms with van der Waals surface area (Å²) in [4.78, 5) is 28.8. The molecule has 0 N–H and O–H groups in total. The Balaban J connectivity index is 1.78. The molecular weight excluding hydrogens is 256 g/mol. The Morgan fingerprint density at radius 2 is 1.95 bits per heavy atom. The molecule has 0 spiro atoms. The smallest absolute Gasteiger partial charge is 0.245 e. The summed E-state index contributed by atoms with van der Waals surface area (Å²) in [7, 11) is 0. The van der Waals surface area contributed by atoms with Crippen molar-refractivity contribution < 1.29 is 14.3 Å². The van der Waals surface area contributed by atoms with Gasteiger partial charge in [0.1, 0.15) is 6.04 Å². The minimum absolute atomic E-state index is 0.158. The van der Waals surface area contributed by atoms with E-state index in [-0.39, 0.29) is 30.0 Å². The quantitative estimate of drug-likeness (QED) is 0.724. The van der Waals surface area contributed by atoms with Crippen LogP contribution in [0.3, 0.4) is 0 Å². The van der Waals surface area contributed by atoms with E-state index >= 15 is 0 Å². The highest BCUT2D eigenvalue weighted by Crippen LogP contribution is 2.27. The lowest BCUT2D eigenvalue weighted by Crippen LogP contribution is -2.53. The minimum Gasteiger partial charge on any atom is -0.378 e. The molecule has 3 aliphatic rings. The number of hydrogen-bond donors (Lipinski definition) is 0. The van der Waals surface area contributed by atoms with Crippen LogP contribution >= 0.6 is 0 Å². The van der Waals surface area contributed by atoms with Crippen molar-refractivity contribution in [1.29, 1.82) is 0 Å². The summed E-state index contributed by atoms with van der Waals surface area (Å²) in [5.41, 5.74) is 0. The fourth-order valence-electron chi connectivity index (χ4n) is 3.77. The predicted molar refractivity (Wildman–Crippen MR) is 74.1 cm³/mol. The summed E-state index contributed by atoms with van der Waals surface area (Å²) >= 11 is 0. The Morgan fingerprint density at radius 3 is 2.75 bits per heavy atom. The van der Waals surface area contributed by atoms with E-state index in [0.29, 0.717) is 13.0 Å². The molecule has 3 atom stereocenters. The van der Waals surface area contributed by atoms with E-state index in [4.69, 9.17) is 4.74 Å². The maximum atomic E-state index is 12.8. The molecule has 0 saturated carbocycles. The molecule has 3 aliphatic heterocycles. The molecule has 3 rings (SSSR count). The van der Waals surface area contributed by atoms with Crippen LogP contribution in [-0.4, -0.2) is 59.5 Å². The van der Waals surface area contributed by atoms with E-state index in [0.717, 1.165) is 45.3 Å². The molecule has 3 unspecified atom stereocenters. The zero-order valence-electron chi connectivity index (χ0n) is 12.2. The second-order valence-corrected chi connectivity index (χ2v) is 6.24. The number of hydrogen-bond acceptors (Lipinski definition) is 3. The number of ether oxygens (including phenoxy) is 1. The van der Waals surface area contributed by atoms with Gasteiger partial charge in [-0.05, 0) is 39.0 Å². The summed E-state index contributed by atoms with van der Waals surface area (Å²) in [6.45, 7) is 4.12. The maximum Gasteiger partial charge on any atom is 0.245 e. The molecule has 3 saturated heterocycles. The molecule has 0 aliphatic carbocycles. The third-order valence-electron chi connectivity index (χ3n) is 4.86. The summed E-state index contributed by atoms with van der Waals surface area (Å²) < 4.78 is 5.58. The van der Waals surface area contributed by atoms with Gasteiger partial charge in [0, 0.05) is 32.2 Å². The fraction of sp³-hybridized carbons (Fsp3) is 0.867. The van der Waals surface area contributed by atoms with Crippen molar-refractivity contribution in [2.75, 3.05) is 19.7 Å². The Bertz CT molecular complexity index is 399. The van der Waals surface area contributed by atoms with Crippen LogP contribution in [0.4, 0.5) is 0 Å². The topological polar surface area (TPSA) is 49.9 Å². The van der Waals surface area contributed by atoms with Crippen LogP contribution in [0.2, 0.25) is 0 Å². The summed E-state index contributed by atoms with van der Waals surface area (Å²) in [5, 5.41) is 0.